The number of amides is 3. The van der Waals surface area contributed by atoms with E-state index in [2.05, 4.69) is 20.9 Å². The molecular weight excluding hydrogens is 413 g/mol. The van der Waals surface area contributed by atoms with Crippen LogP contribution in [0.5, 0.6) is 0 Å². The molecule has 3 rings (SSSR count). The van der Waals surface area contributed by atoms with Crippen LogP contribution in [0.2, 0.25) is 0 Å². The first-order chi connectivity index (χ1) is 13.1. The third kappa shape index (κ3) is 7.89. The molecule has 1 aromatic heterocycles. The number of aromatic nitrogens is 1. The van der Waals surface area contributed by atoms with Gasteiger partial charge in [0.05, 0.1) is 0 Å². The van der Waals surface area contributed by atoms with Gasteiger partial charge in [-0.05, 0) is 54.7 Å². The van der Waals surface area contributed by atoms with Gasteiger partial charge in [0.25, 0.3) is 0 Å². The van der Waals surface area contributed by atoms with E-state index >= 15 is 0 Å². The number of pyridine rings is 1. The maximum atomic E-state index is 12.2. The fraction of sp³-hybridized carbons (Fsp3) is 0.350. The molecule has 1 aliphatic rings. The van der Waals surface area contributed by atoms with Crippen LogP contribution in [0.25, 0.3) is 0 Å². The van der Waals surface area contributed by atoms with Gasteiger partial charge < -0.3 is 21.7 Å². The molecule has 2 aromatic rings. The molecule has 1 saturated carbocycles. The molecule has 0 spiro atoms. The fourth-order valence-corrected chi connectivity index (χ4v) is 3.30. The Hall–Kier alpha value is -2.35. The Morgan fingerprint density at radius 2 is 1.72 bits per heavy atom. The molecule has 3 amide bonds. The van der Waals surface area contributed by atoms with Gasteiger partial charge >= 0.3 is 6.03 Å². The largest absolute Gasteiger partial charge is 0.334 e. The second kappa shape index (κ2) is 12.3. The van der Waals surface area contributed by atoms with Crippen molar-refractivity contribution in [2.75, 3.05) is 10.6 Å². The normalized spacial score (nSPS) is 17.4. The molecule has 0 radical (unpaired) electrons. The lowest BCUT2D eigenvalue weighted by atomic mass is 10.00. The van der Waals surface area contributed by atoms with Crippen molar-refractivity contribution in [1.82, 2.24) is 10.3 Å². The van der Waals surface area contributed by atoms with E-state index in [0.29, 0.717) is 24.3 Å². The maximum absolute atomic E-state index is 12.2. The van der Waals surface area contributed by atoms with Crippen LogP contribution >= 0.6 is 24.8 Å². The van der Waals surface area contributed by atoms with Gasteiger partial charge in [-0.3, -0.25) is 9.78 Å². The Morgan fingerprint density at radius 3 is 2.38 bits per heavy atom. The molecule has 1 fully saturated rings. The smallest absolute Gasteiger partial charge is 0.319 e. The molecular formula is C20H27Cl2N5O2. The van der Waals surface area contributed by atoms with Crippen LogP contribution in [0.1, 0.15) is 31.2 Å². The molecule has 1 aliphatic carbocycles. The second-order valence-electron chi connectivity index (χ2n) is 6.85. The first-order valence-electron chi connectivity index (χ1n) is 9.19. The number of hydrogen-bond acceptors (Lipinski definition) is 4. The molecule has 158 valence electrons. The predicted molar refractivity (Wildman–Crippen MR) is 120 cm³/mol. The lowest BCUT2D eigenvalue weighted by molar-refractivity contribution is -0.117. The van der Waals surface area contributed by atoms with Gasteiger partial charge in [-0.1, -0.05) is 12.5 Å². The number of nitrogens with two attached hydrogens (primary N) is 1. The molecule has 5 N–H and O–H groups in total. The zero-order chi connectivity index (χ0) is 19.1. The van der Waals surface area contributed by atoms with E-state index in [-0.39, 0.29) is 48.7 Å². The highest BCUT2D eigenvalue weighted by atomic mass is 35.5. The van der Waals surface area contributed by atoms with E-state index in [1.807, 2.05) is 12.1 Å². The molecule has 0 saturated heterocycles. The van der Waals surface area contributed by atoms with Gasteiger partial charge in [0.2, 0.25) is 5.91 Å². The molecule has 0 bridgehead atoms. The van der Waals surface area contributed by atoms with Crippen molar-refractivity contribution >= 4 is 48.1 Å². The lowest BCUT2D eigenvalue weighted by Crippen LogP contribution is -2.28. The van der Waals surface area contributed by atoms with Crippen molar-refractivity contribution in [2.24, 2.45) is 11.7 Å². The van der Waals surface area contributed by atoms with Crippen molar-refractivity contribution in [3.8, 4) is 0 Å². The first-order valence-corrected chi connectivity index (χ1v) is 9.19. The topological polar surface area (TPSA) is 109 Å². The number of benzene rings is 1. The van der Waals surface area contributed by atoms with Gasteiger partial charge in [-0.15, -0.1) is 24.8 Å². The molecule has 29 heavy (non-hydrogen) atoms. The average Bonchev–Trinajstić information content (AvgIpc) is 3.05. The molecule has 7 nitrogen and oxygen atoms in total. The standard InChI is InChI=1S/C20H25N5O2.2ClH/c21-18-6-1-3-15(18)11-19(26)24-16-4-2-5-17(12-16)25-20(27)23-13-14-7-9-22-10-8-14;;/h2,4-5,7-10,12,15,18H,1,3,6,11,13,21H2,(H,24,26)(H2,23,25,27);2*1H/t15-,18+;;/m0../s1. The van der Waals surface area contributed by atoms with E-state index in [1.54, 1.807) is 36.7 Å². The van der Waals surface area contributed by atoms with E-state index in [4.69, 9.17) is 5.73 Å². The van der Waals surface area contributed by atoms with Crippen LogP contribution in [-0.2, 0) is 11.3 Å². The number of hydrogen-bond donors (Lipinski definition) is 4. The summed E-state index contributed by atoms with van der Waals surface area (Å²) in [5.41, 5.74) is 8.26. The monoisotopic (exact) mass is 439 g/mol. The van der Waals surface area contributed by atoms with Crippen LogP contribution in [0.4, 0.5) is 16.2 Å². The number of carbonyl (C=O) groups excluding carboxylic acids is 2. The summed E-state index contributed by atoms with van der Waals surface area (Å²) in [4.78, 5) is 28.2. The van der Waals surface area contributed by atoms with Crippen LogP contribution < -0.4 is 21.7 Å². The molecule has 1 aromatic carbocycles. The highest BCUT2D eigenvalue weighted by Gasteiger charge is 2.26. The van der Waals surface area contributed by atoms with Gasteiger partial charge in [-0.25, -0.2) is 4.79 Å². The Kier molecular flexibility index (Phi) is 10.4. The molecule has 1 heterocycles. The minimum atomic E-state index is -0.313. The predicted octanol–water partition coefficient (Wildman–Crippen LogP) is 3.70. The van der Waals surface area contributed by atoms with Gasteiger partial charge in [-0.2, -0.15) is 0 Å². The van der Waals surface area contributed by atoms with E-state index in [0.717, 1.165) is 24.8 Å². The van der Waals surface area contributed by atoms with Crippen LogP contribution in [0.15, 0.2) is 48.8 Å². The number of nitrogens with zero attached hydrogens (tertiary/aromatic N) is 1. The Balaban J connectivity index is 0.00000210. The minimum Gasteiger partial charge on any atom is -0.334 e. The average molecular weight is 440 g/mol. The summed E-state index contributed by atoms with van der Waals surface area (Å²) in [5.74, 6) is 0.210. The summed E-state index contributed by atoms with van der Waals surface area (Å²) in [5, 5.41) is 8.44. The second-order valence-corrected chi connectivity index (χ2v) is 6.85. The van der Waals surface area contributed by atoms with Crippen LogP contribution in [-0.4, -0.2) is 23.0 Å². The van der Waals surface area contributed by atoms with Crippen molar-refractivity contribution in [3.63, 3.8) is 0 Å². The molecule has 0 aliphatic heterocycles. The quantitative estimate of drug-likeness (QED) is 0.549. The van der Waals surface area contributed by atoms with Crippen molar-refractivity contribution in [1.29, 1.82) is 0 Å². The summed E-state index contributed by atoms with van der Waals surface area (Å²) < 4.78 is 0. The van der Waals surface area contributed by atoms with Crippen LogP contribution in [0, 0.1) is 5.92 Å². The van der Waals surface area contributed by atoms with E-state index in [9.17, 15) is 9.59 Å². The molecule has 2 atom stereocenters. The summed E-state index contributed by atoms with van der Waals surface area (Å²) in [6, 6.07) is 10.6. The number of halogens is 2. The lowest BCUT2D eigenvalue weighted by Gasteiger charge is -2.15. The summed E-state index contributed by atoms with van der Waals surface area (Å²) in [6.45, 7) is 0.409. The Morgan fingerprint density at radius 1 is 1.03 bits per heavy atom. The van der Waals surface area contributed by atoms with Crippen LogP contribution in [0.3, 0.4) is 0 Å². The summed E-state index contributed by atoms with van der Waals surface area (Å²) in [6.07, 6.45) is 6.89. The fourth-order valence-electron chi connectivity index (χ4n) is 3.30. The number of rotatable bonds is 6. The SMILES string of the molecule is Cl.Cl.N[C@@H]1CCC[C@H]1CC(=O)Nc1cccc(NC(=O)NCc2ccncc2)c1. The summed E-state index contributed by atoms with van der Waals surface area (Å²) in [7, 11) is 0. The first kappa shape index (κ1) is 24.7. The Labute approximate surface area is 183 Å². The van der Waals surface area contributed by atoms with E-state index < -0.39 is 0 Å². The van der Waals surface area contributed by atoms with Crippen molar-refractivity contribution < 1.29 is 9.59 Å². The Bertz CT molecular complexity index is 791. The number of urea groups is 1. The third-order valence-corrected chi connectivity index (χ3v) is 4.77. The van der Waals surface area contributed by atoms with Gasteiger partial charge in [0.1, 0.15) is 0 Å². The number of carbonyl (C=O) groups is 2. The van der Waals surface area contributed by atoms with Crippen molar-refractivity contribution in [2.45, 2.75) is 38.3 Å². The third-order valence-electron chi connectivity index (χ3n) is 4.77. The highest BCUT2D eigenvalue weighted by molar-refractivity contribution is 5.93. The highest BCUT2D eigenvalue weighted by Crippen LogP contribution is 2.27. The zero-order valence-corrected chi connectivity index (χ0v) is 17.6. The minimum absolute atomic E-state index is 0. The van der Waals surface area contributed by atoms with Gasteiger partial charge in [0.15, 0.2) is 0 Å². The summed E-state index contributed by atoms with van der Waals surface area (Å²) >= 11 is 0. The molecule has 0 unspecified atom stereocenters. The number of nitrogens with one attached hydrogen (secondary N) is 3. The zero-order valence-electron chi connectivity index (χ0n) is 16.0. The van der Waals surface area contributed by atoms with Gasteiger partial charge in [0, 0.05) is 42.8 Å². The number of anilines is 2. The maximum Gasteiger partial charge on any atom is 0.319 e. The van der Waals surface area contributed by atoms with E-state index in [1.165, 1.54) is 0 Å². The van der Waals surface area contributed by atoms with Crippen molar-refractivity contribution in [3.05, 3.63) is 54.4 Å². The molecule has 9 heteroatoms.